The highest BCUT2D eigenvalue weighted by molar-refractivity contribution is 7.98. The summed E-state index contributed by atoms with van der Waals surface area (Å²) in [5, 5.41) is 12.1. The maximum Gasteiger partial charge on any atom is 0.329 e. The Labute approximate surface area is 361 Å². The summed E-state index contributed by atoms with van der Waals surface area (Å²) in [5.74, 6) is -7.89. The molecule has 0 aromatic carbocycles. The van der Waals surface area contributed by atoms with Gasteiger partial charge in [-0.1, -0.05) is 44.6 Å². The van der Waals surface area contributed by atoms with Gasteiger partial charge in [0.1, 0.15) is 29.8 Å². The molecule has 1 aliphatic carbocycles. The first-order chi connectivity index (χ1) is 28.5. The van der Waals surface area contributed by atoms with E-state index in [4.69, 9.17) is 28.4 Å². The van der Waals surface area contributed by atoms with Crippen molar-refractivity contribution in [2.24, 2.45) is 29.6 Å². The lowest BCUT2D eigenvalue weighted by atomic mass is 9.82. The van der Waals surface area contributed by atoms with Crippen molar-refractivity contribution in [3.8, 4) is 0 Å². The minimum absolute atomic E-state index is 0.00259. The Morgan fingerprint density at radius 3 is 2.28 bits per heavy atom. The summed E-state index contributed by atoms with van der Waals surface area (Å²) in [6.07, 6.45) is 8.97. The Hall–Kier alpha value is -2.72. The number of Topliss-reactive ketones (excluding diaryl/α,β-unsaturated/α-hetero) is 3. The van der Waals surface area contributed by atoms with Crippen LogP contribution in [0.4, 0.5) is 0 Å². The molecule has 0 radical (unpaired) electrons. The number of aliphatic hydroxyl groups is 1. The summed E-state index contributed by atoms with van der Waals surface area (Å²) in [7, 11) is 4.72. The van der Waals surface area contributed by atoms with Gasteiger partial charge in [-0.25, -0.2) is 4.79 Å². The maximum absolute atomic E-state index is 14.4. The molecule has 3 fully saturated rings. The number of nitrogens with zero attached hydrogens (tertiary/aromatic N) is 1. The number of hydrogen-bond acceptors (Lipinski definition) is 13. The second-order valence-electron chi connectivity index (χ2n) is 17.6. The van der Waals surface area contributed by atoms with Crippen LogP contribution in [0.2, 0.25) is 0 Å². The number of carbonyl (C=O) groups is 5. The van der Waals surface area contributed by atoms with E-state index in [0.29, 0.717) is 50.0 Å². The van der Waals surface area contributed by atoms with E-state index in [0.717, 1.165) is 18.4 Å². The number of amides is 1. The zero-order valence-corrected chi connectivity index (χ0v) is 38.2. The van der Waals surface area contributed by atoms with Gasteiger partial charge in [-0.15, -0.1) is 18.3 Å². The zero-order valence-electron chi connectivity index (χ0n) is 37.4. The second-order valence-corrected chi connectivity index (χ2v) is 18.4. The third-order valence-electron chi connectivity index (χ3n) is 13.1. The molecule has 0 aromatic heterocycles. The van der Waals surface area contributed by atoms with Gasteiger partial charge in [0.2, 0.25) is 5.79 Å². The number of ether oxygens (including phenoxy) is 6. The highest BCUT2D eigenvalue weighted by atomic mass is 32.2. The van der Waals surface area contributed by atoms with Crippen molar-refractivity contribution in [3.05, 3.63) is 36.0 Å². The fourth-order valence-electron chi connectivity index (χ4n) is 9.62. The van der Waals surface area contributed by atoms with Crippen LogP contribution in [0.3, 0.4) is 0 Å². The number of thioether (sulfide) groups is 1. The fourth-order valence-corrected chi connectivity index (χ4v) is 9.93. The van der Waals surface area contributed by atoms with Gasteiger partial charge in [0.25, 0.3) is 11.7 Å². The average Bonchev–Trinajstić information content (AvgIpc) is 3.23. The molecule has 14 heteroatoms. The van der Waals surface area contributed by atoms with Crippen LogP contribution >= 0.6 is 11.8 Å². The van der Waals surface area contributed by atoms with Crippen LogP contribution < -0.4 is 0 Å². The second kappa shape index (κ2) is 23.1. The quantitative estimate of drug-likeness (QED) is 0.0871. The van der Waals surface area contributed by atoms with E-state index in [-0.39, 0.29) is 61.4 Å². The largest absolute Gasteiger partial charge is 0.456 e. The molecule has 4 rings (SSSR count). The molecule has 2 bridgehead atoms. The summed E-state index contributed by atoms with van der Waals surface area (Å²) in [6.45, 7) is 13.0. The van der Waals surface area contributed by atoms with Crippen LogP contribution in [0.15, 0.2) is 36.0 Å². The Morgan fingerprint density at radius 1 is 0.950 bits per heavy atom. The van der Waals surface area contributed by atoms with Gasteiger partial charge in [0.15, 0.2) is 0 Å². The topological polar surface area (TPSA) is 164 Å². The number of ketones is 3. The predicted octanol–water partition coefficient (Wildman–Crippen LogP) is 6.19. The highest BCUT2D eigenvalue weighted by Crippen LogP contribution is 2.39. The number of esters is 1. The van der Waals surface area contributed by atoms with Crippen LogP contribution in [0.25, 0.3) is 0 Å². The molecule has 3 heterocycles. The first kappa shape index (κ1) is 49.9. The van der Waals surface area contributed by atoms with Gasteiger partial charge >= 0.3 is 5.97 Å². The van der Waals surface area contributed by atoms with E-state index in [1.165, 1.54) is 19.1 Å². The van der Waals surface area contributed by atoms with Crippen LogP contribution in [0.1, 0.15) is 105 Å². The molecule has 1 amide bonds. The van der Waals surface area contributed by atoms with Crippen molar-refractivity contribution in [2.75, 3.05) is 40.1 Å². The summed E-state index contributed by atoms with van der Waals surface area (Å²) in [6, 6.07) is -1.16. The molecule has 13 nitrogen and oxygen atoms in total. The summed E-state index contributed by atoms with van der Waals surface area (Å²) < 4.78 is 36.1. The number of methoxy groups -OCH3 is 3. The standard InChI is InChI=1S/C46H71NO12S/c1-11-14-33-20-27(2)19-28(3)21-39(55-8)42-40(56-9)23-30(5)46(53,59-42)43(50)44(51)47-18-13-12-15-34(47)45(52)58-41(31(6)35(48)25-36(33)49)29(4)22-32-16-17-37(57-26-60-10)38(24-32)54-7/h11,20,22,28,30-34,37-42,53H,1,12-19,21,23-26H2,2-10H3. The Balaban J connectivity index is 1.76. The third kappa shape index (κ3) is 12.3. The van der Waals surface area contributed by atoms with Crippen LogP contribution in [-0.2, 0) is 52.4 Å². The zero-order chi connectivity index (χ0) is 44.3. The third-order valence-corrected chi connectivity index (χ3v) is 13.4. The van der Waals surface area contributed by atoms with Crippen molar-refractivity contribution < 1.29 is 57.5 Å². The summed E-state index contributed by atoms with van der Waals surface area (Å²) in [4.78, 5) is 72.2. The number of allylic oxidation sites excluding steroid dienone is 4. The van der Waals surface area contributed by atoms with Gasteiger partial charge in [-0.2, -0.15) is 0 Å². The predicted molar refractivity (Wildman–Crippen MR) is 229 cm³/mol. The van der Waals surface area contributed by atoms with Crippen molar-refractivity contribution >= 4 is 41.0 Å². The molecule has 1 N–H and O–H groups in total. The van der Waals surface area contributed by atoms with Crippen molar-refractivity contribution in [3.63, 3.8) is 0 Å². The first-order valence-electron chi connectivity index (χ1n) is 21.7. The smallest absolute Gasteiger partial charge is 0.329 e. The maximum atomic E-state index is 14.4. The van der Waals surface area contributed by atoms with E-state index in [1.54, 1.807) is 38.8 Å². The van der Waals surface area contributed by atoms with E-state index < -0.39 is 71.7 Å². The number of carbonyl (C=O) groups excluding carboxylic acids is 5. The molecule has 3 aliphatic heterocycles. The lowest BCUT2D eigenvalue weighted by Gasteiger charge is -2.47. The van der Waals surface area contributed by atoms with Crippen molar-refractivity contribution in [1.29, 1.82) is 0 Å². The Bertz CT molecular complexity index is 1580. The highest BCUT2D eigenvalue weighted by Gasteiger charge is 2.56. The molecule has 4 aliphatic rings. The SMILES string of the molecule is C=CCC1C=C(C)CC(C)CC(OC)C2OC(O)(C(=O)C(=O)N3CCCCC3C(=O)OC(C(C)=CC3CCC(OCSC)C(OC)C3)C(C)C(=O)CC1=O)C(C)CC2OC. The van der Waals surface area contributed by atoms with E-state index in [1.807, 2.05) is 39.2 Å². The molecule has 1 saturated carbocycles. The number of fused-ring (bicyclic) bond motifs is 3. The monoisotopic (exact) mass is 861 g/mol. The molecule has 2 saturated heterocycles. The van der Waals surface area contributed by atoms with Gasteiger partial charge in [0.05, 0.1) is 42.7 Å². The number of rotatable bonds is 10. The Morgan fingerprint density at radius 2 is 1.63 bits per heavy atom. The van der Waals surface area contributed by atoms with Crippen LogP contribution in [-0.4, -0.2) is 128 Å². The van der Waals surface area contributed by atoms with Gasteiger partial charge in [-0.05, 0) is 102 Å². The summed E-state index contributed by atoms with van der Waals surface area (Å²) >= 11 is 1.60. The number of cyclic esters (lactones) is 1. The number of piperidine rings is 1. The molecular formula is C46H71NO12S. The van der Waals surface area contributed by atoms with Crippen LogP contribution in [0.5, 0.6) is 0 Å². The van der Waals surface area contributed by atoms with Crippen molar-refractivity contribution in [1.82, 2.24) is 4.90 Å². The Kier molecular flexibility index (Phi) is 19.2. The van der Waals surface area contributed by atoms with Gasteiger partial charge in [-0.3, -0.25) is 19.2 Å². The van der Waals surface area contributed by atoms with E-state index in [9.17, 15) is 29.1 Å². The molecule has 13 atom stereocenters. The lowest BCUT2D eigenvalue weighted by Crippen LogP contribution is -2.64. The molecule has 60 heavy (non-hydrogen) atoms. The minimum atomic E-state index is -2.52. The molecule has 0 spiro atoms. The van der Waals surface area contributed by atoms with Crippen LogP contribution in [0, 0.1) is 29.6 Å². The van der Waals surface area contributed by atoms with Crippen molar-refractivity contribution in [2.45, 2.75) is 154 Å². The first-order valence-corrected chi connectivity index (χ1v) is 23.1. The number of hydrogen-bond donors (Lipinski definition) is 1. The average molecular weight is 862 g/mol. The molecule has 338 valence electrons. The van der Waals surface area contributed by atoms with Gasteiger partial charge in [0, 0.05) is 39.7 Å². The van der Waals surface area contributed by atoms with Gasteiger partial charge < -0.3 is 38.4 Å². The van der Waals surface area contributed by atoms with E-state index in [2.05, 4.69) is 6.58 Å². The summed E-state index contributed by atoms with van der Waals surface area (Å²) in [5.41, 5.74) is 1.58. The molecule has 0 aromatic rings. The molecular weight excluding hydrogens is 791 g/mol. The molecule has 13 unspecified atom stereocenters. The normalized spacial score (nSPS) is 37.4. The fraction of sp³-hybridized carbons (Fsp3) is 0.761. The lowest BCUT2D eigenvalue weighted by molar-refractivity contribution is -0.302. The minimum Gasteiger partial charge on any atom is -0.456 e. The van der Waals surface area contributed by atoms with E-state index >= 15 is 0 Å².